The van der Waals surface area contributed by atoms with E-state index in [4.69, 9.17) is 0 Å². The average Bonchev–Trinajstić information content (AvgIpc) is 2.90. The van der Waals surface area contributed by atoms with Crippen molar-refractivity contribution in [2.45, 2.75) is 32.7 Å². The Morgan fingerprint density at radius 3 is 2.49 bits per heavy atom. The molecule has 10 heteroatoms. The number of rotatable bonds is 5. The highest BCUT2D eigenvalue weighted by atomic mass is 16.3. The Bertz CT molecular complexity index is 1390. The van der Waals surface area contributed by atoms with Crippen molar-refractivity contribution in [2.75, 3.05) is 49.6 Å². The van der Waals surface area contributed by atoms with E-state index < -0.39 is 17.2 Å². The number of piperazine rings is 1. The van der Waals surface area contributed by atoms with Crippen LogP contribution in [0.2, 0.25) is 0 Å². The molecule has 4 heterocycles. The first kappa shape index (κ1) is 24.8. The lowest BCUT2D eigenvalue weighted by Crippen LogP contribution is -2.45. The maximum Gasteiger partial charge on any atom is 0.301 e. The lowest BCUT2D eigenvalue weighted by molar-refractivity contribution is -0.119. The van der Waals surface area contributed by atoms with Crippen LogP contribution in [0.15, 0.2) is 41.3 Å². The summed E-state index contributed by atoms with van der Waals surface area (Å²) in [7, 11) is 2.06. The number of piperidine rings is 1. The number of pyridine rings is 1. The predicted octanol–water partition coefficient (Wildman–Crippen LogP) is 1.91. The molecule has 0 atom stereocenters. The highest BCUT2D eigenvalue weighted by Crippen LogP contribution is 2.30. The number of hydrogen-bond acceptors (Lipinski definition) is 7. The highest BCUT2D eigenvalue weighted by molar-refractivity contribution is 5.99. The number of anilines is 2. The van der Waals surface area contributed by atoms with Gasteiger partial charge < -0.3 is 25.1 Å². The summed E-state index contributed by atoms with van der Waals surface area (Å²) in [5, 5.41) is 13.5. The number of carbonyl (C=O) groups is 2. The van der Waals surface area contributed by atoms with Crippen LogP contribution >= 0.6 is 0 Å². The first-order chi connectivity index (χ1) is 17.8. The summed E-state index contributed by atoms with van der Waals surface area (Å²) in [6.45, 7) is 5.98. The molecule has 0 radical (unpaired) electrons. The van der Waals surface area contributed by atoms with Gasteiger partial charge in [0.25, 0.3) is 5.91 Å². The van der Waals surface area contributed by atoms with Crippen LogP contribution in [0, 0.1) is 6.92 Å². The molecule has 2 aliphatic heterocycles. The molecule has 2 fully saturated rings. The molecule has 5 rings (SSSR count). The van der Waals surface area contributed by atoms with Gasteiger partial charge >= 0.3 is 5.56 Å². The molecule has 3 aromatic rings. The van der Waals surface area contributed by atoms with Crippen LogP contribution in [0.5, 0.6) is 5.75 Å². The van der Waals surface area contributed by atoms with Gasteiger partial charge in [-0.15, -0.1) is 0 Å². The number of benzene rings is 1. The third-order valence-electron chi connectivity index (χ3n) is 7.14. The molecule has 1 aromatic carbocycles. The molecule has 10 nitrogen and oxygen atoms in total. The lowest BCUT2D eigenvalue weighted by atomic mass is 10.1. The zero-order valence-electron chi connectivity index (χ0n) is 21.2. The van der Waals surface area contributed by atoms with Crippen molar-refractivity contribution in [1.29, 1.82) is 0 Å². The van der Waals surface area contributed by atoms with Crippen molar-refractivity contribution in [3.8, 4) is 5.75 Å². The van der Waals surface area contributed by atoms with E-state index in [0.717, 1.165) is 55.8 Å². The summed E-state index contributed by atoms with van der Waals surface area (Å²) < 4.78 is 1.26. The molecule has 0 aliphatic carbocycles. The van der Waals surface area contributed by atoms with E-state index in [-0.39, 0.29) is 23.8 Å². The van der Waals surface area contributed by atoms with Crippen molar-refractivity contribution in [3.63, 3.8) is 0 Å². The van der Waals surface area contributed by atoms with Crippen LogP contribution in [-0.2, 0) is 11.3 Å². The van der Waals surface area contributed by atoms with Gasteiger partial charge in [0, 0.05) is 51.9 Å². The fraction of sp³-hybridized carbons (Fsp3) is 0.407. The van der Waals surface area contributed by atoms with Crippen molar-refractivity contribution in [2.24, 2.45) is 0 Å². The summed E-state index contributed by atoms with van der Waals surface area (Å²) in [4.78, 5) is 49.7. The largest absolute Gasteiger partial charge is 0.501 e. The normalized spacial score (nSPS) is 16.9. The molecule has 2 N–H and O–H groups in total. The van der Waals surface area contributed by atoms with Crippen LogP contribution in [0.1, 0.15) is 40.9 Å². The summed E-state index contributed by atoms with van der Waals surface area (Å²) >= 11 is 0. The number of carbonyl (C=O) groups excluding carboxylic acids is 2. The smallest absolute Gasteiger partial charge is 0.301 e. The van der Waals surface area contributed by atoms with E-state index in [1.165, 1.54) is 4.40 Å². The second-order valence-electron chi connectivity index (χ2n) is 9.85. The molecule has 2 saturated heterocycles. The number of nitrogens with zero attached hydrogens (tertiary/aromatic N) is 5. The van der Waals surface area contributed by atoms with Gasteiger partial charge in [-0.3, -0.25) is 18.8 Å². The number of amides is 2. The Hall–Kier alpha value is -3.92. The summed E-state index contributed by atoms with van der Waals surface area (Å²) in [5.41, 5.74) is 2.32. The Labute approximate surface area is 215 Å². The molecule has 0 unspecified atom stereocenters. The summed E-state index contributed by atoms with van der Waals surface area (Å²) in [5.74, 6) is -1.42. The van der Waals surface area contributed by atoms with Gasteiger partial charge in [0.1, 0.15) is 0 Å². The number of nitrogens with one attached hydrogen (secondary N) is 1. The van der Waals surface area contributed by atoms with Gasteiger partial charge in [-0.25, -0.2) is 4.98 Å². The van der Waals surface area contributed by atoms with E-state index in [0.29, 0.717) is 18.7 Å². The maximum absolute atomic E-state index is 13.3. The van der Waals surface area contributed by atoms with Gasteiger partial charge in [-0.1, -0.05) is 29.8 Å². The zero-order chi connectivity index (χ0) is 26.1. The van der Waals surface area contributed by atoms with Crippen LogP contribution in [0.3, 0.4) is 0 Å². The molecule has 2 aliphatic rings. The second-order valence-corrected chi connectivity index (χ2v) is 9.85. The first-order valence-electron chi connectivity index (χ1n) is 12.7. The number of hydrogen-bond donors (Lipinski definition) is 2. The number of fused-ring (bicyclic) bond motifs is 1. The summed E-state index contributed by atoms with van der Waals surface area (Å²) in [6.07, 6.45) is 3.70. The highest BCUT2D eigenvalue weighted by Gasteiger charge is 2.27. The van der Waals surface area contributed by atoms with Gasteiger partial charge in [-0.05, 0) is 38.4 Å². The van der Waals surface area contributed by atoms with Gasteiger partial charge in [0.2, 0.25) is 11.7 Å². The number of likely N-dealkylation sites (N-methyl/N-ethyl adjacent to an activating group) is 1. The van der Waals surface area contributed by atoms with E-state index in [9.17, 15) is 19.5 Å². The van der Waals surface area contributed by atoms with Crippen molar-refractivity contribution in [1.82, 2.24) is 19.6 Å². The summed E-state index contributed by atoms with van der Waals surface area (Å²) in [6, 6.07) is 9.57. The molecule has 0 bridgehead atoms. The van der Waals surface area contributed by atoms with E-state index >= 15 is 0 Å². The van der Waals surface area contributed by atoms with Gasteiger partial charge in [-0.2, -0.15) is 0 Å². The molecule has 0 spiro atoms. The fourth-order valence-corrected chi connectivity index (χ4v) is 4.83. The van der Waals surface area contributed by atoms with E-state index in [1.54, 1.807) is 11.1 Å². The number of aromatic nitrogens is 2. The minimum absolute atomic E-state index is 0.0450. The SMILES string of the molecule is Cc1ccc(CNC(=O)c2nc3c(N4CCCCC4=O)cc(N4CCN(C)CC4)cn3c(=O)c2O)cc1. The third-order valence-corrected chi connectivity index (χ3v) is 7.14. The first-order valence-corrected chi connectivity index (χ1v) is 12.7. The van der Waals surface area contributed by atoms with E-state index in [2.05, 4.69) is 27.1 Å². The molecule has 2 aromatic heterocycles. The molecule has 0 saturated carbocycles. The number of aryl methyl sites for hydroxylation is 1. The molecule has 37 heavy (non-hydrogen) atoms. The number of aromatic hydroxyl groups is 1. The lowest BCUT2D eigenvalue weighted by Gasteiger charge is -2.35. The van der Waals surface area contributed by atoms with Gasteiger partial charge in [0.05, 0.1) is 11.4 Å². The second kappa shape index (κ2) is 10.2. The van der Waals surface area contributed by atoms with Crippen LogP contribution < -0.4 is 20.7 Å². The van der Waals surface area contributed by atoms with Crippen LogP contribution in [-0.4, -0.2) is 71.0 Å². The topological polar surface area (TPSA) is 110 Å². The Balaban J connectivity index is 1.56. The van der Waals surface area contributed by atoms with Crippen molar-refractivity contribution >= 4 is 28.8 Å². The average molecular weight is 505 g/mol. The predicted molar refractivity (Wildman–Crippen MR) is 141 cm³/mol. The van der Waals surface area contributed by atoms with Crippen LogP contribution in [0.25, 0.3) is 5.65 Å². The fourth-order valence-electron chi connectivity index (χ4n) is 4.83. The third kappa shape index (κ3) is 5.01. The molecular weight excluding hydrogens is 472 g/mol. The Morgan fingerprint density at radius 1 is 1.05 bits per heavy atom. The zero-order valence-corrected chi connectivity index (χ0v) is 21.2. The Morgan fingerprint density at radius 2 is 1.78 bits per heavy atom. The van der Waals surface area contributed by atoms with Crippen LogP contribution in [0.4, 0.5) is 11.4 Å². The minimum Gasteiger partial charge on any atom is -0.501 e. The molecular formula is C27H32N6O4. The molecule has 2 amide bonds. The standard InChI is InChI=1S/C27H32N6O4/c1-18-6-8-19(9-7-18)16-28-26(36)23-24(35)27(37)33-17-20(31-13-11-30(2)12-14-31)15-21(25(33)29-23)32-10-4-3-5-22(32)34/h6-9,15,17,35H,3-5,10-14,16H2,1-2H3,(H,28,36). The quantitative estimate of drug-likeness (QED) is 0.546. The minimum atomic E-state index is -0.743. The maximum atomic E-state index is 13.3. The van der Waals surface area contributed by atoms with E-state index in [1.807, 2.05) is 37.3 Å². The molecule has 194 valence electrons. The van der Waals surface area contributed by atoms with Gasteiger partial charge in [0.15, 0.2) is 11.3 Å². The Kier molecular flexibility index (Phi) is 6.84. The monoisotopic (exact) mass is 504 g/mol. The van der Waals surface area contributed by atoms with Crippen molar-refractivity contribution < 1.29 is 14.7 Å². The van der Waals surface area contributed by atoms with Crippen molar-refractivity contribution in [3.05, 3.63) is 63.7 Å².